The molecule has 4 nitrogen and oxygen atoms in total. The van der Waals surface area contributed by atoms with Crippen molar-refractivity contribution in [2.24, 2.45) is 0 Å². The van der Waals surface area contributed by atoms with E-state index in [-0.39, 0.29) is 17.2 Å². The summed E-state index contributed by atoms with van der Waals surface area (Å²) in [5.74, 6) is 0.0674. The molecular weight excluding hydrogens is 323 g/mol. The molecule has 1 amide bonds. The molecule has 2 aliphatic rings. The van der Waals surface area contributed by atoms with Crippen molar-refractivity contribution >= 4 is 5.91 Å². The Hall–Kier alpha value is -1.76. The van der Waals surface area contributed by atoms with Gasteiger partial charge in [0.15, 0.2) is 5.60 Å². The number of amides is 1. The highest BCUT2D eigenvalue weighted by Gasteiger charge is 2.53. The Morgan fingerprint density at radius 1 is 1.21 bits per heavy atom. The number of alkyl halides is 3. The molecule has 7 heteroatoms. The minimum atomic E-state index is -4.39. The predicted octanol–water partition coefficient (Wildman–Crippen LogP) is 3.25. The second kappa shape index (κ2) is 5.65. The van der Waals surface area contributed by atoms with Gasteiger partial charge in [-0.3, -0.25) is 4.79 Å². The van der Waals surface area contributed by atoms with Crippen LogP contribution in [0.5, 0.6) is 5.75 Å². The molecule has 132 valence electrons. The second-order valence-electron chi connectivity index (χ2n) is 6.87. The number of hydrogen-bond acceptors (Lipinski definition) is 3. The molecule has 2 saturated heterocycles. The van der Waals surface area contributed by atoms with Crippen LogP contribution in [-0.4, -0.2) is 41.7 Å². The summed E-state index contributed by atoms with van der Waals surface area (Å²) in [4.78, 5) is 14.6. The van der Waals surface area contributed by atoms with Crippen molar-refractivity contribution in [3.05, 3.63) is 29.8 Å². The summed E-state index contributed by atoms with van der Waals surface area (Å²) in [6.45, 7) is 5.10. The van der Waals surface area contributed by atoms with Gasteiger partial charge in [-0.05, 0) is 51.0 Å². The quantitative estimate of drug-likeness (QED) is 0.846. The molecule has 1 atom stereocenters. The summed E-state index contributed by atoms with van der Waals surface area (Å²) >= 11 is 0. The number of nitrogens with zero attached hydrogens (tertiary/aromatic N) is 1. The van der Waals surface area contributed by atoms with E-state index in [1.807, 2.05) is 0 Å². The van der Waals surface area contributed by atoms with Crippen LogP contribution in [0.25, 0.3) is 0 Å². The second-order valence-corrected chi connectivity index (χ2v) is 6.87. The third-order valence-corrected chi connectivity index (χ3v) is 4.77. The van der Waals surface area contributed by atoms with Crippen molar-refractivity contribution in [3.8, 4) is 5.75 Å². The maximum atomic E-state index is 12.8. The van der Waals surface area contributed by atoms with E-state index in [9.17, 15) is 18.0 Å². The Morgan fingerprint density at radius 3 is 2.33 bits per heavy atom. The van der Waals surface area contributed by atoms with E-state index in [4.69, 9.17) is 9.47 Å². The molecule has 24 heavy (non-hydrogen) atoms. The smallest absolute Gasteiger partial charge is 0.416 e. The van der Waals surface area contributed by atoms with Gasteiger partial charge in [0.25, 0.3) is 5.91 Å². The van der Waals surface area contributed by atoms with Crippen LogP contribution >= 0.6 is 0 Å². The summed E-state index contributed by atoms with van der Waals surface area (Å²) in [5, 5.41) is 0. The number of benzene rings is 1. The van der Waals surface area contributed by atoms with Crippen LogP contribution in [0.2, 0.25) is 0 Å². The first-order valence-corrected chi connectivity index (χ1v) is 7.90. The van der Waals surface area contributed by atoms with Crippen LogP contribution in [0.4, 0.5) is 13.2 Å². The minimum Gasteiger partial charge on any atom is -0.478 e. The molecule has 2 fully saturated rings. The van der Waals surface area contributed by atoms with E-state index in [0.717, 1.165) is 25.0 Å². The Morgan fingerprint density at radius 2 is 1.88 bits per heavy atom. The van der Waals surface area contributed by atoms with Gasteiger partial charge in [0.2, 0.25) is 0 Å². The minimum absolute atomic E-state index is 0.167. The lowest BCUT2D eigenvalue weighted by molar-refractivity contribution is -0.162. The van der Waals surface area contributed by atoms with Crippen molar-refractivity contribution in [1.29, 1.82) is 0 Å². The molecule has 0 saturated carbocycles. The van der Waals surface area contributed by atoms with Crippen molar-refractivity contribution < 1.29 is 27.4 Å². The summed E-state index contributed by atoms with van der Waals surface area (Å²) in [7, 11) is 0. The van der Waals surface area contributed by atoms with E-state index >= 15 is 0 Å². The lowest BCUT2D eigenvalue weighted by atomic mass is 9.82. The molecule has 2 heterocycles. The van der Waals surface area contributed by atoms with Crippen LogP contribution in [-0.2, 0) is 15.7 Å². The zero-order valence-corrected chi connectivity index (χ0v) is 13.7. The van der Waals surface area contributed by atoms with E-state index in [1.54, 1.807) is 18.7 Å². The molecule has 2 aliphatic heterocycles. The first kappa shape index (κ1) is 17.1. The van der Waals surface area contributed by atoms with E-state index in [0.29, 0.717) is 19.8 Å². The number of rotatable bonds is 3. The number of likely N-dealkylation sites (tertiary alicyclic amines) is 1. The summed E-state index contributed by atoms with van der Waals surface area (Å²) < 4.78 is 48.9. The van der Waals surface area contributed by atoms with Crippen LogP contribution in [0.1, 0.15) is 32.3 Å². The van der Waals surface area contributed by atoms with Crippen LogP contribution in [0.15, 0.2) is 24.3 Å². The molecule has 0 N–H and O–H groups in total. The molecular formula is C17H20F3NO3. The normalized spacial score (nSPS) is 24.1. The summed E-state index contributed by atoms with van der Waals surface area (Å²) in [5.41, 5.74) is -2.13. The monoisotopic (exact) mass is 343 g/mol. The van der Waals surface area contributed by atoms with Gasteiger partial charge in [0.05, 0.1) is 17.7 Å². The highest BCUT2D eigenvalue weighted by atomic mass is 19.4. The predicted molar refractivity (Wildman–Crippen MR) is 80.6 cm³/mol. The van der Waals surface area contributed by atoms with Gasteiger partial charge in [0.1, 0.15) is 5.75 Å². The number of carbonyl (C=O) groups is 1. The summed E-state index contributed by atoms with van der Waals surface area (Å²) in [6.07, 6.45) is -2.67. The lowest BCUT2D eigenvalue weighted by Gasteiger charge is -2.51. The molecule has 3 rings (SSSR count). The van der Waals surface area contributed by atoms with Crippen LogP contribution < -0.4 is 4.74 Å². The molecule has 0 radical (unpaired) electrons. The van der Waals surface area contributed by atoms with E-state index in [1.165, 1.54) is 12.1 Å². The number of halogens is 3. The third-order valence-electron chi connectivity index (χ3n) is 4.77. The molecule has 1 aromatic rings. The fraction of sp³-hybridized carbons (Fsp3) is 0.588. The lowest BCUT2D eigenvalue weighted by Crippen LogP contribution is -2.67. The molecule has 1 aromatic carbocycles. The van der Waals surface area contributed by atoms with Crippen LogP contribution in [0.3, 0.4) is 0 Å². The molecule has 1 spiro atoms. The van der Waals surface area contributed by atoms with E-state index in [2.05, 4.69) is 0 Å². The van der Waals surface area contributed by atoms with Gasteiger partial charge in [-0.15, -0.1) is 0 Å². The van der Waals surface area contributed by atoms with Gasteiger partial charge in [-0.25, -0.2) is 0 Å². The topological polar surface area (TPSA) is 38.8 Å². The molecule has 1 unspecified atom stereocenters. The molecule has 0 bridgehead atoms. The zero-order valence-electron chi connectivity index (χ0n) is 13.7. The SMILES string of the molecule is CC(C)(Oc1ccc(C(F)(F)F)cc1)C(=O)N1CCC12CCOC2. The maximum absolute atomic E-state index is 12.8. The molecule has 0 aromatic heterocycles. The fourth-order valence-corrected chi connectivity index (χ4v) is 3.24. The Kier molecular flexibility index (Phi) is 4.02. The Balaban J connectivity index is 1.70. The van der Waals surface area contributed by atoms with Crippen molar-refractivity contribution in [1.82, 2.24) is 4.90 Å². The molecule has 0 aliphatic carbocycles. The first-order chi connectivity index (χ1) is 11.1. The maximum Gasteiger partial charge on any atom is 0.416 e. The van der Waals surface area contributed by atoms with E-state index < -0.39 is 17.3 Å². The fourth-order valence-electron chi connectivity index (χ4n) is 3.24. The third kappa shape index (κ3) is 2.97. The van der Waals surface area contributed by atoms with Crippen molar-refractivity contribution in [2.75, 3.05) is 19.8 Å². The standard InChI is InChI=1S/C17H20F3NO3/c1-15(2,14(22)21-9-7-16(21)8-10-23-11-16)24-13-5-3-12(4-6-13)17(18,19)20/h3-6H,7-11H2,1-2H3. The first-order valence-electron chi connectivity index (χ1n) is 7.90. The van der Waals surface area contributed by atoms with Gasteiger partial charge in [0, 0.05) is 13.2 Å². The zero-order chi connectivity index (χ0) is 17.6. The van der Waals surface area contributed by atoms with Crippen molar-refractivity contribution in [2.45, 2.75) is 44.0 Å². The van der Waals surface area contributed by atoms with Crippen molar-refractivity contribution in [3.63, 3.8) is 0 Å². The summed E-state index contributed by atoms with van der Waals surface area (Å²) in [6, 6.07) is 4.38. The largest absolute Gasteiger partial charge is 0.478 e. The highest BCUT2D eigenvalue weighted by molar-refractivity contribution is 5.86. The average molecular weight is 343 g/mol. The van der Waals surface area contributed by atoms with Gasteiger partial charge in [-0.2, -0.15) is 13.2 Å². The Bertz CT molecular complexity index is 619. The number of ether oxygens (including phenoxy) is 2. The van der Waals surface area contributed by atoms with Gasteiger partial charge in [-0.1, -0.05) is 0 Å². The van der Waals surface area contributed by atoms with Gasteiger partial charge >= 0.3 is 6.18 Å². The highest BCUT2D eigenvalue weighted by Crippen LogP contribution is 2.40. The average Bonchev–Trinajstić information content (AvgIpc) is 2.97. The van der Waals surface area contributed by atoms with Gasteiger partial charge < -0.3 is 14.4 Å². The Labute approximate surface area is 138 Å². The number of carbonyl (C=O) groups excluding carboxylic acids is 1. The van der Waals surface area contributed by atoms with Crippen LogP contribution in [0, 0.1) is 0 Å². The number of hydrogen-bond donors (Lipinski definition) is 0.